The van der Waals surface area contributed by atoms with Crippen molar-refractivity contribution in [1.29, 1.82) is 0 Å². The Labute approximate surface area is 104 Å². The van der Waals surface area contributed by atoms with Gasteiger partial charge in [0, 0.05) is 0 Å². The lowest BCUT2D eigenvalue weighted by Gasteiger charge is -2.13. The van der Waals surface area contributed by atoms with Gasteiger partial charge in [-0.1, -0.05) is 12.1 Å². The number of hydrogen-bond acceptors (Lipinski definition) is 5. The van der Waals surface area contributed by atoms with E-state index in [0.717, 1.165) is 5.56 Å². The SMILES string of the molecule is NN=C(N)NNC(=O)C(N)Cc1ccc(O)cc1. The first-order valence-corrected chi connectivity index (χ1v) is 5.15. The molecule has 0 heterocycles. The van der Waals surface area contributed by atoms with Crippen molar-refractivity contribution in [3.8, 4) is 5.75 Å². The van der Waals surface area contributed by atoms with Crippen LogP contribution in [-0.2, 0) is 11.2 Å². The average Bonchev–Trinajstić information content (AvgIpc) is 2.38. The van der Waals surface area contributed by atoms with Crippen LogP contribution in [0.2, 0.25) is 0 Å². The molecule has 8 nitrogen and oxygen atoms in total. The molecule has 1 aromatic carbocycles. The number of guanidine groups is 1. The van der Waals surface area contributed by atoms with Crippen molar-refractivity contribution in [3.05, 3.63) is 29.8 Å². The molecule has 0 aromatic heterocycles. The Kier molecular flexibility index (Phi) is 4.76. The zero-order valence-corrected chi connectivity index (χ0v) is 9.63. The van der Waals surface area contributed by atoms with E-state index in [1.165, 1.54) is 12.1 Å². The molecule has 98 valence electrons. The molecule has 0 radical (unpaired) electrons. The Morgan fingerprint density at radius 2 is 1.94 bits per heavy atom. The van der Waals surface area contributed by atoms with Gasteiger partial charge >= 0.3 is 0 Å². The molecule has 0 spiro atoms. The van der Waals surface area contributed by atoms with Crippen LogP contribution in [0.5, 0.6) is 5.75 Å². The van der Waals surface area contributed by atoms with Gasteiger partial charge in [-0.3, -0.25) is 15.6 Å². The second-order valence-corrected chi connectivity index (χ2v) is 3.61. The van der Waals surface area contributed by atoms with Crippen LogP contribution in [0.3, 0.4) is 0 Å². The second kappa shape index (κ2) is 6.30. The van der Waals surface area contributed by atoms with Gasteiger partial charge in [0.25, 0.3) is 5.91 Å². The molecule has 1 unspecified atom stereocenters. The van der Waals surface area contributed by atoms with Crippen LogP contribution in [0.25, 0.3) is 0 Å². The molecular formula is C10H16N6O2. The zero-order chi connectivity index (χ0) is 13.5. The summed E-state index contributed by atoms with van der Waals surface area (Å²) in [5.41, 5.74) is 16.3. The molecule has 0 aliphatic rings. The average molecular weight is 252 g/mol. The Hall–Kier alpha value is -2.48. The molecule has 8 heteroatoms. The van der Waals surface area contributed by atoms with Crippen LogP contribution >= 0.6 is 0 Å². The highest BCUT2D eigenvalue weighted by molar-refractivity contribution is 5.85. The van der Waals surface area contributed by atoms with Crippen molar-refractivity contribution < 1.29 is 9.90 Å². The van der Waals surface area contributed by atoms with Crippen LogP contribution in [-0.4, -0.2) is 23.0 Å². The van der Waals surface area contributed by atoms with E-state index in [4.69, 9.17) is 22.4 Å². The maximum Gasteiger partial charge on any atom is 0.255 e. The van der Waals surface area contributed by atoms with E-state index in [1.54, 1.807) is 12.1 Å². The molecule has 0 saturated heterocycles. The molecule has 1 aromatic rings. The fourth-order valence-corrected chi connectivity index (χ4v) is 1.23. The lowest BCUT2D eigenvalue weighted by Crippen LogP contribution is -2.52. The Bertz CT molecular complexity index is 430. The molecule has 0 fully saturated rings. The van der Waals surface area contributed by atoms with Crippen LogP contribution in [0, 0.1) is 0 Å². The normalized spacial score (nSPS) is 12.8. The number of nitrogens with zero attached hydrogens (tertiary/aromatic N) is 1. The number of hydrazone groups is 1. The standard InChI is InChI=1S/C10H16N6O2/c11-8(9(18)15-16-10(12)14-13)5-6-1-3-7(17)4-2-6/h1-4,8,17H,5,11,13H2,(H,15,18)(H3,12,14,16). The predicted molar refractivity (Wildman–Crippen MR) is 66.9 cm³/mol. The minimum atomic E-state index is -0.757. The number of aromatic hydroxyl groups is 1. The molecule has 0 bridgehead atoms. The van der Waals surface area contributed by atoms with Crippen molar-refractivity contribution in [2.75, 3.05) is 0 Å². The Balaban J connectivity index is 2.47. The number of hydrogen-bond donors (Lipinski definition) is 6. The first-order chi connectivity index (χ1) is 8.52. The lowest BCUT2D eigenvalue weighted by atomic mass is 10.1. The van der Waals surface area contributed by atoms with Crippen LogP contribution in [0.4, 0.5) is 0 Å². The highest BCUT2D eigenvalue weighted by Crippen LogP contribution is 2.10. The van der Waals surface area contributed by atoms with Crippen molar-refractivity contribution in [2.45, 2.75) is 12.5 Å². The first-order valence-electron chi connectivity index (χ1n) is 5.15. The number of carbonyl (C=O) groups is 1. The van der Waals surface area contributed by atoms with Gasteiger partial charge in [-0.05, 0) is 24.1 Å². The van der Waals surface area contributed by atoms with E-state index in [-0.39, 0.29) is 11.7 Å². The van der Waals surface area contributed by atoms with Gasteiger partial charge < -0.3 is 22.4 Å². The van der Waals surface area contributed by atoms with Crippen molar-refractivity contribution >= 4 is 11.9 Å². The molecular weight excluding hydrogens is 236 g/mol. The van der Waals surface area contributed by atoms with Gasteiger partial charge in [-0.2, -0.15) is 0 Å². The van der Waals surface area contributed by atoms with E-state index in [0.29, 0.717) is 6.42 Å². The number of nitrogens with two attached hydrogens (primary N) is 3. The topological polar surface area (TPSA) is 152 Å². The summed E-state index contributed by atoms with van der Waals surface area (Å²) in [6, 6.07) is 5.67. The molecule has 1 rings (SSSR count). The molecule has 0 saturated carbocycles. The third kappa shape index (κ3) is 4.18. The predicted octanol–water partition coefficient (Wildman–Crippen LogP) is -1.93. The Morgan fingerprint density at radius 3 is 2.50 bits per heavy atom. The van der Waals surface area contributed by atoms with Gasteiger partial charge in [0.05, 0.1) is 6.04 Å². The van der Waals surface area contributed by atoms with Gasteiger partial charge in [-0.25, -0.2) is 0 Å². The maximum atomic E-state index is 11.5. The number of nitrogens with one attached hydrogen (secondary N) is 2. The maximum absolute atomic E-state index is 11.5. The van der Waals surface area contributed by atoms with Gasteiger partial charge in [0.1, 0.15) is 5.75 Å². The third-order valence-electron chi connectivity index (χ3n) is 2.18. The van der Waals surface area contributed by atoms with Crippen molar-refractivity contribution in [3.63, 3.8) is 0 Å². The van der Waals surface area contributed by atoms with E-state index in [1.807, 2.05) is 0 Å². The van der Waals surface area contributed by atoms with Crippen LogP contribution in [0.15, 0.2) is 29.4 Å². The smallest absolute Gasteiger partial charge is 0.255 e. The van der Waals surface area contributed by atoms with Crippen LogP contribution in [0.1, 0.15) is 5.56 Å². The summed E-state index contributed by atoms with van der Waals surface area (Å²) >= 11 is 0. The van der Waals surface area contributed by atoms with Crippen molar-refractivity contribution in [1.82, 2.24) is 10.9 Å². The third-order valence-corrected chi connectivity index (χ3v) is 2.18. The molecule has 1 amide bonds. The number of amides is 1. The highest BCUT2D eigenvalue weighted by Gasteiger charge is 2.13. The number of hydrazine groups is 1. The fraction of sp³-hybridized carbons (Fsp3) is 0.200. The van der Waals surface area contributed by atoms with Crippen molar-refractivity contribution in [2.24, 2.45) is 22.4 Å². The summed E-state index contributed by atoms with van der Waals surface area (Å²) in [6.07, 6.45) is 0.327. The first kappa shape index (κ1) is 13.6. The molecule has 1 atom stereocenters. The van der Waals surface area contributed by atoms with E-state index < -0.39 is 11.9 Å². The van der Waals surface area contributed by atoms with E-state index >= 15 is 0 Å². The zero-order valence-electron chi connectivity index (χ0n) is 9.63. The number of carbonyl (C=O) groups excluding carboxylic acids is 1. The van der Waals surface area contributed by atoms with Gasteiger partial charge in [-0.15, -0.1) is 5.10 Å². The fourth-order valence-electron chi connectivity index (χ4n) is 1.23. The number of benzene rings is 1. The summed E-state index contributed by atoms with van der Waals surface area (Å²) in [6.45, 7) is 0. The highest BCUT2D eigenvalue weighted by atomic mass is 16.3. The molecule has 0 aliphatic carbocycles. The number of rotatable bonds is 3. The van der Waals surface area contributed by atoms with Gasteiger partial charge in [0.2, 0.25) is 5.96 Å². The summed E-state index contributed by atoms with van der Waals surface area (Å²) < 4.78 is 0. The van der Waals surface area contributed by atoms with Crippen LogP contribution < -0.4 is 28.2 Å². The molecule has 9 N–H and O–H groups in total. The largest absolute Gasteiger partial charge is 0.508 e. The van der Waals surface area contributed by atoms with E-state index in [2.05, 4.69) is 16.0 Å². The summed E-state index contributed by atoms with van der Waals surface area (Å²) in [5.74, 6) is 4.45. The van der Waals surface area contributed by atoms with Gasteiger partial charge in [0.15, 0.2) is 0 Å². The lowest BCUT2D eigenvalue weighted by molar-refractivity contribution is -0.122. The summed E-state index contributed by atoms with van der Waals surface area (Å²) in [7, 11) is 0. The number of phenols is 1. The minimum absolute atomic E-state index is 0.125. The molecule has 18 heavy (non-hydrogen) atoms. The second-order valence-electron chi connectivity index (χ2n) is 3.61. The van der Waals surface area contributed by atoms with E-state index in [9.17, 15) is 4.79 Å². The quantitative estimate of drug-likeness (QED) is 0.159. The summed E-state index contributed by atoms with van der Waals surface area (Å²) in [5, 5.41) is 12.2. The monoisotopic (exact) mass is 252 g/mol. The molecule has 0 aliphatic heterocycles. The number of phenolic OH excluding ortho intramolecular Hbond substituents is 1. The Morgan fingerprint density at radius 1 is 1.33 bits per heavy atom. The summed E-state index contributed by atoms with van der Waals surface area (Å²) in [4.78, 5) is 11.5. The minimum Gasteiger partial charge on any atom is -0.508 e.